The largest absolute Gasteiger partial charge is 0.496 e. The fourth-order valence-corrected chi connectivity index (χ4v) is 3.89. The number of hydrogen-bond acceptors (Lipinski definition) is 4. The molecular formula is C23H29N3O2. The summed E-state index contributed by atoms with van der Waals surface area (Å²) in [6.45, 7) is 8.77. The molecule has 0 radical (unpaired) electrons. The van der Waals surface area contributed by atoms with Crippen LogP contribution in [0.5, 0.6) is 5.75 Å². The van der Waals surface area contributed by atoms with E-state index in [-0.39, 0.29) is 11.4 Å². The summed E-state index contributed by atoms with van der Waals surface area (Å²) in [5.41, 5.74) is 7.78. The molecule has 5 nitrogen and oxygen atoms in total. The van der Waals surface area contributed by atoms with E-state index < -0.39 is 0 Å². The molecule has 1 aliphatic rings. The molecule has 0 aliphatic carbocycles. The molecule has 1 N–H and O–H groups in total. The number of aryl methyl sites for hydroxylation is 1. The Morgan fingerprint density at radius 2 is 2.04 bits per heavy atom. The van der Waals surface area contributed by atoms with E-state index in [0.717, 1.165) is 17.5 Å². The molecule has 0 aromatic heterocycles. The Balaban J connectivity index is 1.76. The summed E-state index contributed by atoms with van der Waals surface area (Å²) in [7, 11) is 3.70. The summed E-state index contributed by atoms with van der Waals surface area (Å²) in [5, 5.41) is 4.14. The van der Waals surface area contributed by atoms with Gasteiger partial charge in [-0.3, -0.25) is 4.79 Å². The summed E-state index contributed by atoms with van der Waals surface area (Å²) in [6.07, 6.45) is 2.78. The lowest BCUT2D eigenvalue weighted by molar-refractivity contribution is 0.0952. The molecule has 0 fully saturated rings. The number of anilines is 1. The van der Waals surface area contributed by atoms with Crippen molar-refractivity contribution in [3.63, 3.8) is 0 Å². The molecule has 148 valence electrons. The van der Waals surface area contributed by atoms with E-state index in [1.807, 2.05) is 25.1 Å². The molecule has 1 heterocycles. The minimum Gasteiger partial charge on any atom is -0.496 e. The first-order valence-electron chi connectivity index (χ1n) is 9.59. The Kier molecular flexibility index (Phi) is 5.45. The van der Waals surface area contributed by atoms with Crippen LogP contribution in [-0.4, -0.2) is 31.8 Å². The second kappa shape index (κ2) is 7.66. The number of carbonyl (C=O) groups is 1. The van der Waals surface area contributed by atoms with Gasteiger partial charge in [-0.15, -0.1) is 0 Å². The molecule has 0 saturated carbocycles. The van der Waals surface area contributed by atoms with Gasteiger partial charge in [-0.25, -0.2) is 5.43 Å². The second-order valence-corrected chi connectivity index (χ2v) is 8.20. The quantitative estimate of drug-likeness (QED) is 0.629. The maximum Gasteiger partial charge on any atom is 0.275 e. The smallest absolute Gasteiger partial charge is 0.275 e. The number of ether oxygens (including phenoxy) is 1. The highest BCUT2D eigenvalue weighted by atomic mass is 16.5. The zero-order valence-corrected chi connectivity index (χ0v) is 17.5. The fourth-order valence-electron chi connectivity index (χ4n) is 3.89. The average molecular weight is 380 g/mol. The van der Waals surface area contributed by atoms with Gasteiger partial charge in [0.1, 0.15) is 5.75 Å². The molecule has 2 aromatic carbocycles. The van der Waals surface area contributed by atoms with Gasteiger partial charge >= 0.3 is 0 Å². The Labute approximate surface area is 167 Å². The number of hydrazone groups is 1. The van der Waals surface area contributed by atoms with Crippen molar-refractivity contribution in [3.8, 4) is 5.75 Å². The molecule has 1 atom stereocenters. The van der Waals surface area contributed by atoms with Crippen LogP contribution in [0.3, 0.4) is 0 Å². The summed E-state index contributed by atoms with van der Waals surface area (Å²) in [4.78, 5) is 14.8. The molecule has 1 unspecified atom stereocenters. The van der Waals surface area contributed by atoms with E-state index in [4.69, 9.17) is 4.74 Å². The van der Waals surface area contributed by atoms with Crippen molar-refractivity contribution in [2.24, 2.45) is 5.10 Å². The van der Waals surface area contributed by atoms with Gasteiger partial charge in [-0.1, -0.05) is 19.1 Å². The minimum atomic E-state index is -0.291. The van der Waals surface area contributed by atoms with E-state index in [0.29, 0.717) is 17.2 Å². The van der Waals surface area contributed by atoms with Gasteiger partial charge in [0.05, 0.1) is 18.9 Å². The van der Waals surface area contributed by atoms with Crippen LogP contribution in [0.25, 0.3) is 0 Å². The summed E-state index contributed by atoms with van der Waals surface area (Å²) < 4.78 is 5.30. The zero-order valence-electron chi connectivity index (χ0n) is 17.5. The SMILES string of the molecule is COc1cc(C)ccc1C(=O)N/N=C\c1ccc2c(c1)C(C)CC(C)(C)N2C. The van der Waals surface area contributed by atoms with Crippen LogP contribution >= 0.6 is 0 Å². The van der Waals surface area contributed by atoms with E-state index in [9.17, 15) is 4.79 Å². The van der Waals surface area contributed by atoms with E-state index >= 15 is 0 Å². The first-order chi connectivity index (χ1) is 13.2. The number of nitrogens with zero attached hydrogens (tertiary/aromatic N) is 2. The maximum absolute atomic E-state index is 12.4. The molecule has 1 amide bonds. The number of fused-ring (bicyclic) bond motifs is 1. The molecular weight excluding hydrogens is 350 g/mol. The number of hydrogen-bond donors (Lipinski definition) is 1. The van der Waals surface area contributed by atoms with Crippen molar-refractivity contribution in [1.29, 1.82) is 0 Å². The van der Waals surface area contributed by atoms with E-state index in [1.54, 1.807) is 19.4 Å². The van der Waals surface area contributed by atoms with Crippen molar-refractivity contribution in [2.45, 2.75) is 45.6 Å². The van der Waals surface area contributed by atoms with Gasteiger partial charge in [0.15, 0.2) is 0 Å². The van der Waals surface area contributed by atoms with Crippen molar-refractivity contribution in [1.82, 2.24) is 5.43 Å². The minimum absolute atomic E-state index is 0.142. The number of rotatable bonds is 4. The molecule has 2 aromatic rings. The molecule has 3 rings (SSSR count). The highest BCUT2D eigenvalue weighted by Gasteiger charge is 2.33. The standard InChI is InChI=1S/C23H29N3O2/c1-15-7-9-18(21(11-15)28-6)22(27)25-24-14-17-8-10-20-19(12-17)16(2)13-23(3,4)26(20)5/h7-12,14,16H,13H2,1-6H3,(H,25,27)/b24-14-. The molecule has 28 heavy (non-hydrogen) atoms. The van der Waals surface area contributed by atoms with Crippen molar-refractivity contribution >= 4 is 17.8 Å². The van der Waals surface area contributed by atoms with Crippen LogP contribution in [-0.2, 0) is 0 Å². The Morgan fingerprint density at radius 1 is 1.29 bits per heavy atom. The Morgan fingerprint density at radius 3 is 2.75 bits per heavy atom. The summed E-state index contributed by atoms with van der Waals surface area (Å²) >= 11 is 0. The second-order valence-electron chi connectivity index (χ2n) is 8.20. The van der Waals surface area contributed by atoms with Crippen molar-refractivity contribution in [2.75, 3.05) is 19.1 Å². The molecule has 0 saturated heterocycles. The van der Waals surface area contributed by atoms with Gasteiger partial charge < -0.3 is 9.64 Å². The normalized spacial score (nSPS) is 18.1. The highest BCUT2D eigenvalue weighted by Crippen LogP contribution is 2.42. The lowest BCUT2D eigenvalue weighted by Gasteiger charge is -2.45. The van der Waals surface area contributed by atoms with Gasteiger partial charge in [-0.2, -0.15) is 5.10 Å². The summed E-state index contributed by atoms with van der Waals surface area (Å²) in [5.74, 6) is 0.725. The van der Waals surface area contributed by atoms with Gasteiger partial charge in [0.25, 0.3) is 5.91 Å². The van der Waals surface area contributed by atoms with Gasteiger partial charge in [-0.05, 0) is 74.1 Å². The topological polar surface area (TPSA) is 53.9 Å². The number of carbonyl (C=O) groups excluding carboxylic acids is 1. The predicted octanol–water partition coefficient (Wildman–Crippen LogP) is 4.49. The third-order valence-corrected chi connectivity index (χ3v) is 5.64. The predicted molar refractivity (Wildman–Crippen MR) is 115 cm³/mol. The molecule has 0 bridgehead atoms. The summed E-state index contributed by atoms with van der Waals surface area (Å²) in [6, 6.07) is 11.8. The average Bonchev–Trinajstić information content (AvgIpc) is 2.65. The lowest BCUT2D eigenvalue weighted by Crippen LogP contribution is -2.45. The molecule has 0 spiro atoms. The third-order valence-electron chi connectivity index (χ3n) is 5.64. The third kappa shape index (κ3) is 3.88. The number of amides is 1. The Hall–Kier alpha value is -2.82. The van der Waals surface area contributed by atoms with Crippen LogP contribution in [0.4, 0.5) is 5.69 Å². The molecule has 1 aliphatic heterocycles. The van der Waals surface area contributed by atoms with E-state index in [1.165, 1.54) is 11.3 Å². The maximum atomic E-state index is 12.4. The fraction of sp³-hybridized carbons (Fsp3) is 0.391. The highest BCUT2D eigenvalue weighted by molar-refractivity contribution is 5.97. The zero-order chi connectivity index (χ0) is 20.5. The lowest BCUT2D eigenvalue weighted by atomic mass is 9.80. The van der Waals surface area contributed by atoms with E-state index in [2.05, 4.69) is 55.4 Å². The molecule has 5 heteroatoms. The van der Waals surface area contributed by atoms with Crippen molar-refractivity contribution < 1.29 is 9.53 Å². The van der Waals surface area contributed by atoms with Crippen LogP contribution in [0, 0.1) is 6.92 Å². The van der Waals surface area contributed by atoms with Crippen LogP contribution in [0.2, 0.25) is 0 Å². The Bertz CT molecular complexity index is 918. The monoisotopic (exact) mass is 379 g/mol. The number of nitrogens with one attached hydrogen (secondary N) is 1. The van der Waals surface area contributed by atoms with Crippen LogP contribution in [0.1, 0.15) is 60.2 Å². The van der Waals surface area contributed by atoms with Gasteiger partial charge in [0, 0.05) is 18.3 Å². The van der Waals surface area contributed by atoms with Crippen LogP contribution < -0.4 is 15.1 Å². The number of benzene rings is 2. The van der Waals surface area contributed by atoms with Crippen molar-refractivity contribution in [3.05, 3.63) is 58.7 Å². The first-order valence-corrected chi connectivity index (χ1v) is 9.59. The van der Waals surface area contributed by atoms with Gasteiger partial charge in [0.2, 0.25) is 0 Å². The number of methoxy groups -OCH3 is 1. The van der Waals surface area contributed by atoms with Crippen LogP contribution in [0.15, 0.2) is 41.5 Å². The first kappa shape index (κ1) is 19.9.